The van der Waals surface area contributed by atoms with Crippen LogP contribution in [0.2, 0.25) is 0 Å². The molecule has 0 bridgehead atoms. The normalized spacial score (nSPS) is 20.8. The molecule has 1 atom stereocenters. The van der Waals surface area contributed by atoms with Gasteiger partial charge in [-0.05, 0) is 25.3 Å². The summed E-state index contributed by atoms with van der Waals surface area (Å²) in [7, 11) is 2.05. The van der Waals surface area contributed by atoms with Gasteiger partial charge in [0.05, 0.1) is 6.54 Å². The van der Waals surface area contributed by atoms with Crippen LogP contribution in [0.4, 0.5) is 0 Å². The molecule has 0 unspecified atom stereocenters. The van der Waals surface area contributed by atoms with E-state index < -0.39 is 0 Å². The lowest BCUT2D eigenvalue weighted by Gasteiger charge is -2.32. The topological polar surface area (TPSA) is 51.8 Å². The Labute approximate surface area is 113 Å². The molecule has 0 radical (unpaired) electrons. The van der Waals surface area contributed by atoms with Crippen molar-refractivity contribution in [1.29, 1.82) is 0 Å². The zero-order valence-corrected chi connectivity index (χ0v) is 11.3. The number of hydrogen-bond donors (Lipinski definition) is 0. The van der Waals surface area contributed by atoms with Crippen molar-refractivity contribution in [2.24, 2.45) is 13.0 Å². The van der Waals surface area contributed by atoms with E-state index in [2.05, 4.69) is 31.6 Å². The highest BCUT2D eigenvalue weighted by Crippen LogP contribution is 2.19. The van der Waals surface area contributed by atoms with Crippen LogP contribution in [0.15, 0.2) is 25.0 Å². The summed E-state index contributed by atoms with van der Waals surface area (Å²) in [5.41, 5.74) is 0. The number of nitrogens with zero attached hydrogens (tertiary/aromatic N) is 6. The summed E-state index contributed by atoms with van der Waals surface area (Å²) in [4.78, 5) is 10.9. The molecule has 3 rings (SSSR count). The standard InChI is InChI=1S/C13H20N6/c1-17-6-4-15-13(17)9-18-5-2-3-12(7-18)8-19-11-14-10-16-19/h4,6,10-12H,2-3,5,7-9H2,1H3/t12-/m1/s1. The number of piperidine rings is 1. The number of aryl methyl sites for hydroxylation is 1. The molecule has 2 aromatic rings. The van der Waals surface area contributed by atoms with Gasteiger partial charge in [0.25, 0.3) is 0 Å². The van der Waals surface area contributed by atoms with E-state index in [4.69, 9.17) is 0 Å². The summed E-state index contributed by atoms with van der Waals surface area (Å²) in [6.45, 7) is 4.20. The van der Waals surface area contributed by atoms with Gasteiger partial charge in [0, 0.05) is 32.5 Å². The minimum atomic E-state index is 0.663. The highest BCUT2D eigenvalue weighted by atomic mass is 15.3. The Kier molecular flexibility index (Phi) is 3.59. The van der Waals surface area contributed by atoms with Crippen molar-refractivity contribution in [3.05, 3.63) is 30.9 Å². The number of aromatic nitrogens is 5. The van der Waals surface area contributed by atoms with Crippen LogP contribution in [-0.2, 0) is 20.1 Å². The third-order valence-corrected chi connectivity index (χ3v) is 3.80. The van der Waals surface area contributed by atoms with Crippen molar-refractivity contribution >= 4 is 0 Å². The van der Waals surface area contributed by atoms with E-state index in [1.54, 1.807) is 12.7 Å². The van der Waals surface area contributed by atoms with Crippen molar-refractivity contribution < 1.29 is 0 Å². The average molecular weight is 260 g/mol. The quantitative estimate of drug-likeness (QED) is 0.820. The minimum Gasteiger partial charge on any atom is -0.337 e. The van der Waals surface area contributed by atoms with E-state index in [0.717, 1.165) is 25.5 Å². The second-order valence-corrected chi connectivity index (χ2v) is 5.32. The van der Waals surface area contributed by atoms with E-state index in [-0.39, 0.29) is 0 Å². The van der Waals surface area contributed by atoms with E-state index >= 15 is 0 Å². The van der Waals surface area contributed by atoms with Crippen LogP contribution in [-0.4, -0.2) is 42.3 Å². The molecule has 0 aromatic carbocycles. The molecule has 0 amide bonds. The van der Waals surface area contributed by atoms with Crippen molar-refractivity contribution in [3.63, 3.8) is 0 Å². The predicted molar refractivity (Wildman–Crippen MR) is 71.2 cm³/mol. The monoisotopic (exact) mass is 260 g/mol. The van der Waals surface area contributed by atoms with Crippen molar-refractivity contribution in [1.82, 2.24) is 29.2 Å². The number of likely N-dealkylation sites (tertiary alicyclic amines) is 1. The van der Waals surface area contributed by atoms with Crippen LogP contribution in [0.25, 0.3) is 0 Å². The summed E-state index contributed by atoms with van der Waals surface area (Å²) < 4.78 is 4.04. The van der Waals surface area contributed by atoms with Gasteiger partial charge in [-0.3, -0.25) is 9.58 Å². The van der Waals surface area contributed by atoms with Gasteiger partial charge >= 0.3 is 0 Å². The van der Waals surface area contributed by atoms with Gasteiger partial charge in [-0.2, -0.15) is 5.10 Å². The number of hydrogen-bond acceptors (Lipinski definition) is 4. The molecule has 1 aliphatic rings. The molecule has 102 valence electrons. The molecular weight excluding hydrogens is 240 g/mol. The number of imidazole rings is 1. The first-order valence-corrected chi connectivity index (χ1v) is 6.82. The highest BCUT2D eigenvalue weighted by molar-refractivity contribution is 4.91. The van der Waals surface area contributed by atoms with E-state index in [1.807, 2.05) is 17.1 Å². The van der Waals surface area contributed by atoms with Gasteiger partial charge in [0.15, 0.2) is 0 Å². The lowest BCUT2D eigenvalue weighted by Crippen LogP contribution is -2.37. The lowest BCUT2D eigenvalue weighted by molar-refractivity contribution is 0.149. The largest absolute Gasteiger partial charge is 0.337 e. The van der Waals surface area contributed by atoms with Gasteiger partial charge in [-0.1, -0.05) is 0 Å². The molecule has 1 fully saturated rings. The zero-order valence-electron chi connectivity index (χ0n) is 11.3. The number of rotatable bonds is 4. The fourth-order valence-corrected chi connectivity index (χ4v) is 2.78. The maximum Gasteiger partial charge on any atom is 0.137 e. The fourth-order valence-electron chi connectivity index (χ4n) is 2.78. The molecule has 2 aromatic heterocycles. The summed E-state index contributed by atoms with van der Waals surface area (Å²) in [6, 6.07) is 0. The molecular formula is C13H20N6. The van der Waals surface area contributed by atoms with Crippen LogP contribution >= 0.6 is 0 Å². The molecule has 0 saturated carbocycles. The SMILES string of the molecule is Cn1ccnc1CN1CCC[C@@H](Cn2cncn2)C1. The molecule has 0 spiro atoms. The van der Waals surface area contributed by atoms with Crippen LogP contribution in [0, 0.1) is 5.92 Å². The molecule has 0 aliphatic carbocycles. The van der Waals surface area contributed by atoms with E-state index in [0.29, 0.717) is 5.92 Å². The van der Waals surface area contributed by atoms with Gasteiger partial charge in [0.2, 0.25) is 0 Å². The maximum atomic E-state index is 4.40. The molecule has 3 heterocycles. The summed E-state index contributed by atoms with van der Waals surface area (Å²) >= 11 is 0. The first-order chi connectivity index (χ1) is 9.31. The Balaban J connectivity index is 1.57. The molecule has 19 heavy (non-hydrogen) atoms. The van der Waals surface area contributed by atoms with Gasteiger partial charge in [0.1, 0.15) is 18.5 Å². The Morgan fingerprint density at radius 3 is 3.11 bits per heavy atom. The second-order valence-electron chi connectivity index (χ2n) is 5.32. The lowest BCUT2D eigenvalue weighted by atomic mass is 9.98. The summed E-state index contributed by atoms with van der Waals surface area (Å²) in [6.07, 6.45) is 9.81. The van der Waals surface area contributed by atoms with Crippen molar-refractivity contribution in [2.45, 2.75) is 25.9 Å². The Hall–Kier alpha value is -1.69. The first kappa shape index (κ1) is 12.3. The third-order valence-electron chi connectivity index (χ3n) is 3.80. The summed E-state index contributed by atoms with van der Waals surface area (Å²) in [5.74, 6) is 1.80. The third kappa shape index (κ3) is 3.01. The second kappa shape index (κ2) is 5.52. The Morgan fingerprint density at radius 1 is 1.42 bits per heavy atom. The molecule has 0 N–H and O–H groups in total. The minimum absolute atomic E-state index is 0.663. The van der Waals surface area contributed by atoms with Crippen LogP contribution < -0.4 is 0 Å². The Morgan fingerprint density at radius 2 is 2.37 bits per heavy atom. The van der Waals surface area contributed by atoms with Crippen LogP contribution in [0.5, 0.6) is 0 Å². The van der Waals surface area contributed by atoms with Crippen LogP contribution in [0.1, 0.15) is 18.7 Å². The molecule has 1 saturated heterocycles. The first-order valence-electron chi connectivity index (χ1n) is 6.82. The van der Waals surface area contributed by atoms with E-state index in [1.165, 1.54) is 19.4 Å². The predicted octanol–water partition coefficient (Wildman–Crippen LogP) is 0.924. The summed E-state index contributed by atoms with van der Waals surface area (Å²) in [5, 5.41) is 4.20. The Bertz CT molecular complexity index is 503. The van der Waals surface area contributed by atoms with Gasteiger partial charge in [-0.15, -0.1) is 0 Å². The molecule has 6 nitrogen and oxygen atoms in total. The van der Waals surface area contributed by atoms with Gasteiger partial charge in [-0.25, -0.2) is 9.97 Å². The molecule has 1 aliphatic heterocycles. The van der Waals surface area contributed by atoms with Crippen molar-refractivity contribution in [2.75, 3.05) is 13.1 Å². The smallest absolute Gasteiger partial charge is 0.137 e. The van der Waals surface area contributed by atoms with Crippen molar-refractivity contribution in [3.8, 4) is 0 Å². The highest BCUT2D eigenvalue weighted by Gasteiger charge is 2.21. The van der Waals surface area contributed by atoms with Gasteiger partial charge < -0.3 is 4.57 Å². The molecule has 6 heteroatoms. The zero-order chi connectivity index (χ0) is 13.1. The van der Waals surface area contributed by atoms with E-state index in [9.17, 15) is 0 Å². The van der Waals surface area contributed by atoms with Crippen LogP contribution in [0.3, 0.4) is 0 Å². The fraction of sp³-hybridized carbons (Fsp3) is 0.615. The average Bonchev–Trinajstić information content (AvgIpc) is 3.03. The maximum absolute atomic E-state index is 4.40.